The summed E-state index contributed by atoms with van der Waals surface area (Å²) in [5.41, 5.74) is 7.79. The second kappa shape index (κ2) is 22.8. The standard InChI is InChI=1S/C51H62N8O4/c1-3-43(18-14-30-60)59-36-46-45(38(59)2)20-13-21-47(46)54-48(61)37-62-31-9-7-5-4-6-8-10-32-63-44-19-12-16-40(35-44)33-39-15-11-17-42(34-39)56-51(24-28-53-29-25-51)50-55-49(57-58-50)41-22-26-52-27-23-41/h3,11-13,15-17,19-23,26-27,30,34-35,43,53,56H,1-2,4-10,14,18,24-25,28-29,31-33,36-37H2,(H,54,61)(H,55,57,58). The van der Waals surface area contributed by atoms with E-state index in [9.17, 15) is 9.59 Å². The number of fused-ring (bicyclic) bond motifs is 1. The van der Waals surface area contributed by atoms with E-state index in [-0.39, 0.29) is 24.1 Å². The summed E-state index contributed by atoms with van der Waals surface area (Å²) in [4.78, 5) is 34.9. The zero-order valence-electron chi connectivity index (χ0n) is 36.5. The molecule has 0 spiro atoms. The lowest BCUT2D eigenvalue weighted by Crippen LogP contribution is -2.46. The van der Waals surface area contributed by atoms with Crippen LogP contribution in [-0.2, 0) is 32.8 Å². The molecule has 63 heavy (non-hydrogen) atoms. The number of anilines is 2. The van der Waals surface area contributed by atoms with Crippen LogP contribution in [0.15, 0.2) is 110 Å². The van der Waals surface area contributed by atoms with Gasteiger partial charge in [-0.25, -0.2) is 4.98 Å². The molecule has 12 heteroatoms. The fourth-order valence-electron chi connectivity index (χ4n) is 8.65. The third kappa shape index (κ3) is 12.3. The summed E-state index contributed by atoms with van der Waals surface area (Å²) < 4.78 is 11.9. The Kier molecular flexibility index (Phi) is 16.3. The maximum atomic E-state index is 12.7. The van der Waals surface area contributed by atoms with E-state index in [2.05, 4.69) is 91.7 Å². The zero-order chi connectivity index (χ0) is 43.7. The number of amides is 1. The third-order valence-electron chi connectivity index (χ3n) is 12.1. The molecule has 0 aliphatic carbocycles. The number of hydrogen-bond donors (Lipinski definition) is 4. The van der Waals surface area contributed by atoms with Crippen molar-refractivity contribution in [2.24, 2.45) is 0 Å². The number of ether oxygens (including phenoxy) is 2. The number of pyridine rings is 1. The Bertz CT molecular complexity index is 2270. The highest BCUT2D eigenvalue weighted by Gasteiger charge is 2.37. The number of aromatic amines is 1. The molecule has 0 bridgehead atoms. The van der Waals surface area contributed by atoms with Crippen LogP contribution in [-0.4, -0.2) is 76.2 Å². The molecule has 0 saturated carbocycles. The van der Waals surface area contributed by atoms with Crippen LogP contribution in [0.3, 0.4) is 0 Å². The van der Waals surface area contributed by atoms with E-state index in [0.717, 1.165) is 116 Å². The van der Waals surface area contributed by atoms with Crippen molar-refractivity contribution in [2.75, 3.05) is 43.5 Å². The lowest BCUT2D eigenvalue weighted by Gasteiger charge is -2.37. The quantitative estimate of drug-likeness (QED) is 0.0255. The number of nitrogens with one attached hydrogen (secondary N) is 4. The Hall–Kier alpha value is -6.11. The van der Waals surface area contributed by atoms with Gasteiger partial charge in [0.1, 0.15) is 18.6 Å². The molecule has 7 rings (SSSR count). The highest BCUT2D eigenvalue weighted by molar-refractivity contribution is 5.93. The van der Waals surface area contributed by atoms with E-state index in [1.165, 1.54) is 24.0 Å². The van der Waals surface area contributed by atoms with Gasteiger partial charge in [-0.2, -0.15) is 5.10 Å². The van der Waals surface area contributed by atoms with E-state index >= 15 is 0 Å². The summed E-state index contributed by atoms with van der Waals surface area (Å²) in [6, 6.07) is 26.9. The molecule has 2 aliphatic rings. The van der Waals surface area contributed by atoms with E-state index < -0.39 is 0 Å². The number of unbranched alkanes of at least 4 members (excludes halogenated alkanes) is 6. The van der Waals surface area contributed by atoms with E-state index in [1.54, 1.807) is 12.4 Å². The molecule has 3 aromatic carbocycles. The Labute approximate surface area is 372 Å². The Balaban J connectivity index is 0.762. The van der Waals surface area contributed by atoms with Crippen LogP contribution in [0, 0.1) is 0 Å². The number of carbonyl (C=O) groups excluding carboxylic acids is 2. The summed E-state index contributed by atoms with van der Waals surface area (Å²) in [6.45, 7) is 11.9. The van der Waals surface area contributed by atoms with Crippen molar-refractivity contribution in [1.82, 2.24) is 30.4 Å². The molecule has 2 aromatic heterocycles. The van der Waals surface area contributed by atoms with Gasteiger partial charge in [0.2, 0.25) is 5.91 Å². The van der Waals surface area contributed by atoms with Crippen LogP contribution >= 0.6 is 0 Å². The van der Waals surface area contributed by atoms with E-state index in [0.29, 0.717) is 38.4 Å². The van der Waals surface area contributed by atoms with Gasteiger partial charge in [-0.1, -0.05) is 81.2 Å². The van der Waals surface area contributed by atoms with Crippen molar-refractivity contribution in [2.45, 2.75) is 95.2 Å². The summed E-state index contributed by atoms with van der Waals surface area (Å²) >= 11 is 0. The number of nitrogens with zero attached hydrogens (tertiary/aromatic N) is 4. The molecular formula is C51H62N8O4. The monoisotopic (exact) mass is 850 g/mol. The smallest absolute Gasteiger partial charge is 0.250 e. The zero-order valence-corrected chi connectivity index (χ0v) is 36.5. The summed E-state index contributed by atoms with van der Waals surface area (Å²) in [7, 11) is 0. The molecule has 1 amide bonds. The lowest BCUT2D eigenvalue weighted by atomic mass is 9.87. The maximum Gasteiger partial charge on any atom is 0.250 e. The van der Waals surface area contributed by atoms with Gasteiger partial charge in [0, 0.05) is 71.8 Å². The second-order valence-corrected chi connectivity index (χ2v) is 16.6. The molecule has 1 unspecified atom stereocenters. The van der Waals surface area contributed by atoms with E-state index in [1.807, 2.05) is 42.5 Å². The van der Waals surface area contributed by atoms with Crippen molar-refractivity contribution >= 4 is 29.3 Å². The molecule has 5 aromatic rings. The van der Waals surface area contributed by atoms with Gasteiger partial charge in [-0.15, -0.1) is 6.58 Å². The van der Waals surface area contributed by atoms with Crippen LogP contribution in [0.1, 0.15) is 98.7 Å². The molecule has 1 fully saturated rings. The average Bonchev–Trinajstić information content (AvgIpc) is 3.94. The van der Waals surface area contributed by atoms with Crippen LogP contribution < -0.4 is 20.7 Å². The first-order chi connectivity index (χ1) is 30.9. The first-order valence-electron chi connectivity index (χ1n) is 22.6. The number of carbonyl (C=O) groups is 2. The highest BCUT2D eigenvalue weighted by Crippen LogP contribution is 2.38. The summed E-state index contributed by atoms with van der Waals surface area (Å²) in [6.07, 6.45) is 17.7. The van der Waals surface area contributed by atoms with Gasteiger partial charge in [0.05, 0.1) is 12.1 Å². The minimum absolute atomic E-state index is 0.0105. The molecule has 12 nitrogen and oxygen atoms in total. The Morgan fingerprint density at radius 1 is 0.905 bits per heavy atom. The van der Waals surface area contributed by atoms with Gasteiger partial charge in [-0.05, 0) is 105 Å². The van der Waals surface area contributed by atoms with Crippen LogP contribution in [0.25, 0.3) is 17.1 Å². The largest absolute Gasteiger partial charge is 0.494 e. The first kappa shape index (κ1) is 44.9. The van der Waals surface area contributed by atoms with Crippen molar-refractivity contribution in [3.63, 3.8) is 0 Å². The second-order valence-electron chi connectivity index (χ2n) is 16.6. The minimum Gasteiger partial charge on any atom is -0.494 e. The number of aromatic nitrogens is 4. The SMILES string of the molecule is C=CC(CCC=O)N1Cc2c(NC(=O)COCCCCCCCCCOc3cccc(Cc4cccc(NC5(c6nc(-c7ccncc7)n[nH]6)CCNCC5)c4)c3)cccc2C1=C. The normalized spacial score (nSPS) is 14.8. The van der Waals surface area contributed by atoms with Gasteiger partial charge < -0.3 is 35.1 Å². The van der Waals surface area contributed by atoms with Gasteiger partial charge in [0.15, 0.2) is 11.6 Å². The Morgan fingerprint density at radius 2 is 1.63 bits per heavy atom. The van der Waals surface area contributed by atoms with Gasteiger partial charge in [-0.3, -0.25) is 14.9 Å². The number of hydrogen-bond acceptors (Lipinski definition) is 10. The maximum absolute atomic E-state index is 12.7. The van der Waals surface area contributed by atoms with Crippen LogP contribution in [0.2, 0.25) is 0 Å². The fraction of sp³-hybridized carbons (Fsp3) is 0.392. The fourth-order valence-corrected chi connectivity index (χ4v) is 8.65. The average molecular weight is 851 g/mol. The molecular weight excluding hydrogens is 789 g/mol. The molecule has 1 saturated heterocycles. The van der Waals surface area contributed by atoms with Crippen LogP contribution in [0.4, 0.5) is 11.4 Å². The molecule has 1 atom stereocenters. The molecule has 330 valence electrons. The van der Waals surface area contributed by atoms with Gasteiger partial charge >= 0.3 is 0 Å². The van der Waals surface area contributed by atoms with E-state index in [4.69, 9.17) is 14.5 Å². The summed E-state index contributed by atoms with van der Waals surface area (Å²) in [5.74, 6) is 2.28. The number of piperidine rings is 1. The molecule has 4 heterocycles. The highest BCUT2D eigenvalue weighted by atomic mass is 16.5. The number of H-pyrrole nitrogens is 1. The number of aldehydes is 1. The van der Waals surface area contributed by atoms with Crippen molar-refractivity contribution in [3.05, 3.63) is 139 Å². The molecule has 2 aliphatic heterocycles. The molecule has 4 N–H and O–H groups in total. The minimum atomic E-state index is -0.352. The predicted molar refractivity (Wildman–Crippen MR) is 250 cm³/mol. The van der Waals surface area contributed by atoms with Crippen molar-refractivity contribution in [3.8, 4) is 17.1 Å². The van der Waals surface area contributed by atoms with Gasteiger partial charge in [0.25, 0.3) is 0 Å². The lowest BCUT2D eigenvalue weighted by molar-refractivity contribution is -0.120. The number of benzene rings is 3. The number of rotatable bonds is 25. The van der Waals surface area contributed by atoms with Crippen molar-refractivity contribution in [1.29, 1.82) is 0 Å². The van der Waals surface area contributed by atoms with Crippen LogP contribution in [0.5, 0.6) is 5.75 Å². The molecule has 0 radical (unpaired) electrons. The summed E-state index contributed by atoms with van der Waals surface area (Å²) in [5, 5.41) is 18.2. The topological polar surface area (TPSA) is 146 Å². The third-order valence-corrected chi connectivity index (χ3v) is 12.1. The Morgan fingerprint density at radius 3 is 2.41 bits per heavy atom. The predicted octanol–water partition coefficient (Wildman–Crippen LogP) is 9.23. The first-order valence-corrected chi connectivity index (χ1v) is 22.6. The van der Waals surface area contributed by atoms with Crippen molar-refractivity contribution < 1.29 is 19.1 Å².